The van der Waals surface area contributed by atoms with Gasteiger partial charge in [-0.1, -0.05) is 23.4 Å². The number of hydrogen-bond acceptors (Lipinski definition) is 8. The minimum atomic E-state index is -0.793. The number of rotatable bonds is 9. The van der Waals surface area contributed by atoms with Gasteiger partial charge in [-0.15, -0.1) is 0 Å². The van der Waals surface area contributed by atoms with E-state index in [1.165, 1.54) is 18.0 Å². The standard InChI is InChI=1S/C29H24ClN3O5S/c1-3-37-29(36)19-8-12-21(13-9-19)33-27(35)25-17(2)32-28(22(15-31)26(25)24-5-4-14-38-24)39-16-23(34)18-6-10-20(30)11-7-18/h4-14,26,32H,3,16H2,1-2H3,(H,33,35)/t26-/m0/s1. The number of dihydropyridines is 1. The fraction of sp³-hybridized carbons (Fsp3) is 0.172. The van der Waals surface area contributed by atoms with E-state index in [2.05, 4.69) is 16.7 Å². The van der Waals surface area contributed by atoms with Crippen LogP contribution in [0.2, 0.25) is 5.02 Å². The normalized spacial score (nSPS) is 14.9. The molecule has 1 atom stereocenters. The van der Waals surface area contributed by atoms with Gasteiger partial charge in [-0.05, 0) is 74.5 Å². The van der Waals surface area contributed by atoms with Gasteiger partial charge in [-0.2, -0.15) is 5.26 Å². The predicted octanol–water partition coefficient (Wildman–Crippen LogP) is 6.06. The lowest BCUT2D eigenvalue weighted by Crippen LogP contribution is -2.30. The Balaban J connectivity index is 1.58. The number of furan rings is 1. The first kappa shape index (κ1) is 27.8. The third-order valence-electron chi connectivity index (χ3n) is 5.89. The number of allylic oxidation sites excluding steroid dienone is 2. The number of ketones is 1. The molecule has 0 saturated carbocycles. The predicted molar refractivity (Wildman–Crippen MR) is 149 cm³/mol. The van der Waals surface area contributed by atoms with Gasteiger partial charge in [0, 0.05) is 22.0 Å². The number of carbonyl (C=O) groups is 3. The van der Waals surface area contributed by atoms with Crippen LogP contribution < -0.4 is 10.6 Å². The first-order valence-corrected chi connectivity index (χ1v) is 13.3. The van der Waals surface area contributed by atoms with Crippen LogP contribution in [-0.4, -0.2) is 30.0 Å². The Morgan fingerprint density at radius 3 is 2.41 bits per heavy atom. The molecule has 8 nitrogen and oxygen atoms in total. The number of halogens is 1. The number of amides is 1. The molecular formula is C29H24ClN3O5S. The molecule has 39 heavy (non-hydrogen) atoms. The van der Waals surface area contributed by atoms with Crippen LogP contribution in [0.1, 0.15) is 46.2 Å². The second-order valence-corrected chi connectivity index (χ2v) is 9.86. The number of anilines is 1. The van der Waals surface area contributed by atoms with E-state index in [1.807, 2.05) is 0 Å². The average molecular weight is 562 g/mol. The van der Waals surface area contributed by atoms with Crippen LogP contribution in [0, 0.1) is 11.3 Å². The van der Waals surface area contributed by atoms with Crippen LogP contribution in [0.25, 0.3) is 0 Å². The first-order valence-electron chi connectivity index (χ1n) is 12.0. The monoisotopic (exact) mass is 561 g/mol. The second-order valence-electron chi connectivity index (χ2n) is 8.44. The highest BCUT2D eigenvalue weighted by molar-refractivity contribution is 8.03. The molecule has 2 aromatic carbocycles. The van der Waals surface area contributed by atoms with E-state index in [9.17, 15) is 19.6 Å². The smallest absolute Gasteiger partial charge is 0.338 e. The lowest BCUT2D eigenvalue weighted by Gasteiger charge is -2.28. The number of nitrogens with one attached hydrogen (secondary N) is 2. The fourth-order valence-corrected chi connectivity index (χ4v) is 5.14. The van der Waals surface area contributed by atoms with Crippen LogP contribution >= 0.6 is 23.4 Å². The van der Waals surface area contributed by atoms with Crippen LogP contribution in [-0.2, 0) is 9.53 Å². The highest BCUT2D eigenvalue weighted by atomic mass is 35.5. The summed E-state index contributed by atoms with van der Waals surface area (Å²) in [6, 6.07) is 18.5. The molecule has 4 rings (SSSR count). The highest BCUT2D eigenvalue weighted by Gasteiger charge is 2.36. The fourth-order valence-electron chi connectivity index (χ4n) is 4.03. The molecule has 0 fully saturated rings. The maximum absolute atomic E-state index is 13.5. The molecule has 1 aliphatic heterocycles. The molecule has 0 spiro atoms. The Bertz CT molecular complexity index is 1490. The zero-order chi connectivity index (χ0) is 27.9. The van der Waals surface area contributed by atoms with Crippen molar-refractivity contribution < 1.29 is 23.5 Å². The van der Waals surface area contributed by atoms with Gasteiger partial charge >= 0.3 is 5.97 Å². The summed E-state index contributed by atoms with van der Waals surface area (Å²) in [5, 5.41) is 17.1. The third-order valence-corrected chi connectivity index (χ3v) is 7.16. The molecule has 3 aromatic rings. The van der Waals surface area contributed by atoms with E-state index in [1.54, 1.807) is 74.5 Å². The molecule has 0 unspecified atom stereocenters. The Labute approximate surface area is 234 Å². The molecule has 0 bridgehead atoms. The number of nitrogens with zero attached hydrogens (tertiary/aromatic N) is 1. The summed E-state index contributed by atoms with van der Waals surface area (Å²) in [5.74, 6) is -1.34. The van der Waals surface area contributed by atoms with Crippen molar-refractivity contribution in [2.75, 3.05) is 17.7 Å². The minimum Gasteiger partial charge on any atom is -0.468 e. The Morgan fingerprint density at radius 2 is 1.79 bits per heavy atom. The molecule has 1 amide bonds. The summed E-state index contributed by atoms with van der Waals surface area (Å²) in [6.45, 7) is 3.71. The zero-order valence-corrected chi connectivity index (χ0v) is 22.7. The second kappa shape index (κ2) is 12.5. The number of esters is 1. The lowest BCUT2D eigenvalue weighted by molar-refractivity contribution is -0.113. The van der Waals surface area contributed by atoms with E-state index >= 15 is 0 Å². The van der Waals surface area contributed by atoms with Gasteiger partial charge in [0.15, 0.2) is 5.78 Å². The highest BCUT2D eigenvalue weighted by Crippen LogP contribution is 2.41. The summed E-state index contributed by atoms with van der Waals surface area (Å²) < 4.78 is 10.6. The third kappa shape index (κ3) is 6.42. The van der Waals surface area contributed by atoms with E-state index in [-0.39, 0.29) is 23.7 Å². The van der Waals surface area contributed by atoms with E-state index < -0.39 is 17.8 Å². The molecule has 2 heterocycles. The average Bonchev–Trinajstić information content (AvgIpc) is 3.47. The van der Waals surface area contributed by atoms with Crippen molar-refractivity contribution in [3.05, 3.63) is 111 Å². The van der Waals surface area contributed by atoms with Crippen molar-refractivity contribution in [2.45, 2.75) is 19.8 Å². The maximum atomic E-state index is 13.5. The van der Waals surface area contributed by atoms with Crippen molar-refractivity contribution in [2.24, 2.45) is 0 Å². The van der Waals surface area contributed by atoms with Gasteiger partial charge in [0.2, 0.25) is 0 Å². The lowest BCUT2D eigenvalue weighted by atomic mass is 9.85. The Hall–Kier alpha value is -4.26. The SMILES string of the molecule is CCOC(=O)c1ccc(NC(=O)C2=C(C)NC(SCC(=O)c3ccc(Cl)cc3)=C(C#N)[C@H]2c2ccco2)cc1. The molecule has 2 N–H and O–H groups in total. The van der Waals surface area contributed by atoms with Crippen molar-refractivity contribution >= 4 is 46.7 Å². The molecule has 1 aromatic heterocycles. The number of Topliss-reactive ketones (excluding diaryl/α,β-unsaturated/α-hetero) is 1. The van der Waals surface area contributed by atoms with Gasteiger partial charge in [-0.3, -0.25) is 9.59 Å². The van der Waals surface area contributed by atoms with Crippen molar-refractivity contribution in [1.82, 2.24) is 5.32 Å². The number of carbonyl (C=O) groups excluding carboxylic acids is 3. The van der Waals surface area contributed by atoms with Crippen LogP contribution in [0.15, 0.2) is 93.2 Å². The van der Waals surface area contributed by atoms with E-state index in [4.69, 9.17) is 20.8 Å². The summed E-state index contributed by atoms with van der Waals surface area (Å²) in [7, 11) is 0. The Kier molecular flexibility index (Phi) is 8.92. The summed E-state index contributed by atoms with van der Waals surface area (Å²) >= 11 is 7.10. The molecule has 0 aliphatic carbocycles. The number of hydrogen-bond donors (Lipinski definition) is 2. The van der Waals surface area contributed by atoms with Crippen molar-refractivity contribution in [3.63, 3.8) is 0 Å². The van der Waals surface area contributed by atoms with Crippen molar-refractivity contribution in [3.8, 4) is 6.07 Å². The zero-order valence-electron chi connectivity index (χ0n) is 21.1. The van der Waals surface area contributed by atoms with Gasteiger partial charge in [-0.25, -0.2) is 4.79 Å². The van der Waals surface area contributed by atoms with Gasteiger partial charge in [0.1, 0.15) is 5.76 Å². The number of ether oxygens (including phenoxy) is 1. The van der Waals surface area contributed by atoms with Gasteiger partial charge in [0.05, 0.1) is 52.3 Å². The van der Waals surface area contributed by atoms with Crippen LogP contribution in [0.4, 0.5) is 5.69 Å². The molecule has 0 saturated heterocycles. The summed E-state index contributed by atoms with van der Waals surface area (Å²) in [4.78, 5) is 38.2. The maximum Gasteiger partial charge on any atom is 0.338 e. The summed E-state index contributed by atoms with van der Waals surface area (Å²) in [6.07, 6.45) is 1.47. The molecule has 10 heteroatoms. The number of nitriles is 1. The largest absolute Gasteiger partial charge is 0.468 e. The number of benzene rings is 2. The molecule has 0 radical (unpaired) electrons. The van der Waals surface area contributed by atoms with Gasteiger partial charge < -0.3 is 19.8 Å². The van der Waals surface area contributed by atoms with E-state index in [0.717, 1.165) is 0 Å². The van der Waals surface area contributed by atoms with Crippen LogP contribution in [0.5, 0.6) is 0 Å². The number of thioether (sulfide) groups is 1. The quantitative estimate of drug-likeness (QED) is 0.239. The van der Waals surface area contributed by atoms with Crippen LogP contribution in [0.3, 0.4) is 0 Å². The topological polar surface area (TPSA) is 121 Å². The molecule has 1 aliphatic rings. The van der Waals surface area contributed by atoms with E-state index in [0.29, 0.717) is 43.9 Å². The Morgan fingerprint density at radius 1 is 1.10 bits per heavy atom. The molecular weight excluding hydrogens is 538 g/mol. The van der Waals surface area contributed by atoms with Gasteiger partial charge in [0.25, 0.3) is 5.91 Å². The van der Waals surface area contributed by atoms with Crippen molar-refractivity contribution in [1.29, 1.82) is 5.26 Å². The summed E-state index contributed by atoms with van der Waals surface area (Å²) in [5.41, 5.74) is 2.39. The molecule has 198 valence electrons. The minimum absolute atomic E-state index is 0.0711. The first-order chi connectivity index (χ1) is 18.8.